The highest BCUT2D eigenvalue weighted by molar-refractivity contribution is 8.00. The van der Waals surface area contributed by atoms with Gasteiger partial charge in [-0.05, 0) is 24.0 Å². The first-order valence-electron chi connectivity index (χ1n) is 5.12. The molecule has 13 heavy (non-hydrogen) atoms. The van der Waals surface area contributed by atoms with Crippen molar-refractivity contribution in [3.63, 3.8) is 0 Å². The molecular weight excluding hydrogens is 178 g/mol. The second-order valence-corrected chi connectivity index (χ2v) is 6.55. The summed E-state index contributed by atoms with van der Waals surface area (Å²) in [5.41, 5.74) is 6.30. The molecule has 0 heterocycles. The van der Waals surface area contributed by atoms with Gasteiger partial charge >= 0.3 is 0 Å². The average Bonchev–Trinajstić information content (AvgIpc) is 1.81. The van der Waals surface area contributed by atoms with Gasteiger partial charge in [-0.25, -0.2) is 0 Å². The van der Waals surface area contributed by atoms with Crippen LogP contribution < -0.4 is 5.73 Å². The predicted octanol–water partition coefficient (Wildman–Crippen LogP) is 3.14. The van der Waals surface area contributed by atoms with Crippen molar-refractivity contribution in [1.82, 2.24) is 0 Å². The Kier molecular flexibility index (Phi) is 5.38. The molecule has 0 saturated carbocycles. The first kappa shape index (κ1) is 13.3. The van der Waals surface area contributed by atoms with Crippen molar-refractivity contribution in [3.05, 3.63) is 0 Å². The molecule has 2 unspecified atom stereocenters. The molecule has 2 N–H and O–H groups in total. The molecule has 0 aliphatic rings. The Morgan fingerprint density at radius 2 is 1.62 bits per heavy atom. The molecule has 0 rings (SSSR count). The van der Waals surface area contributed by atoms with Gasteiger partial charge in [0, 0.05) is 11.3 Å². The lowest BCUT2D eigenvalue weighted by Crippen LogP contribution is -2.39. The van der Waals surface area contributed by atoms with Gasteiger partial charge in [0.1, 0.15) is 0 Å². The predicted molar refractivity (Wildman–Crippen MR) is 64.2 cm³/mol. The van der Waals surface area contributed by atoms with Crippen molar-refractivity contribution in [1.29, 1.82) is 0 Å². The highest BCUT2D eigenvalue weighted by Crippen LogP contribution is 2.33. The molecule has 0 aromatic rings. The summed E-state index contributed by atoms with van der Waals surface area (Å²) in [5, 5.41) is 0.565. The van der Waals surface area contributed by atoms with E-state index in [0.29, 0.717) is 10.7 Å². The summed E-state index contributed by atoms with van der Waals surface area (Å²) in [5.74, 6) is 1.97. The molecule has 0 saturated heterocycles. The minimum atomic E-state index is 0.281. The molecular formula is C11H25NS. The van der Waals surface area contributed by atoms with E-state index < -0.39 is 0 Å². The quantitative estimate of drug-likeness (QED) is 0.759. The number of hydrogen-bond donors (Lipinski definition) is 1. The zero-order valence-corrected chi connectivity index (χ0v) is 10.7. The highest BCUT2D eigenvalue weighted by Gasteiger charge is 2.28. The molecule has 0 aromatic carbocycles. The Hall–Kier alpha value is 0.310. The first-order valence-corrected chi connectivity index (χ1v) is 6.17. The summed E-state index contributed by atoms with van der Waals surface area (Å²) in [6.07, 6.45) is 0. The zero-order chi connectivity index (χ0) is 10.6. The molecule has 0 radical (unpaired) electrons. The molecule has 2 heteroatoms. The summed E-state index contributed by atoms with van der Waals surface area (Å²) in [6, 6.07) is 0.281. The topological polar surface area (TPSA) is 26.0 Å². The van der Waals surface area contributed by atoms with Crippen LogP contribution in [0.25, 0.3) is 0 Å². The van der Waals surface area contributed by atoms with Gasteiger partial charge in [-0.2, -0.15) is 11.8 Å². The normalized spacial score (nSPS) is 17.5. The van der Waals surface area contributed by atoms with Crippen LogP contribution in [0.5, 0.6) is 0 Å². The van der Waals surface area contributed by atoms with Crippen LogP contribution in [-0.4, -0.2) is 17.0 Å². The fourth-order valence-electron chi connectivity index (χ4n) is 1.49. The molecule has 0 aliphatic heterocycles. The molecule has 0 aliphatic carbocycles. The van der Waals surface area contributed by atoms with Crippen LogP contribution in [-0.2, 0) is 0 Å². The minimum Gasteiger partial charge on any atom is -0.327 e. The standard InChI is InChI=1S/C11H25NS/c1-8(2)7-13-10(9(3)12)11(4,5)6/h8-10H,7,12H2,1-6H3. The third-order valence-electron chi connectivity index (χ3n) is 1.94. The summed E-state index contributed by atoms with van der Waals surface area (Å²) >= 11 is 2.02. The van der Waals surface area contributed by atoms with E-state index in [2.05, 4.69) is 41.5 Å². The van der Waals surface area contributed by atoms with Gasteiger partial charge in [-0.15, -0.1) is 0 Å². The molecule has 80 valence electrons. The third kappa shape index (κ3) is 5.58. The lowest BCUT2D eigenvalue weighted by molar-refractivity contribution is 0.363. The lowest BCUT2D eigenvalue weighted by atomic mass is 9.88. The molecule has 0 spiro atoms. The lowest BCUT2D eigenvalue weighted by Gasteiger charge is -2.33. The van der Waals surface area contributed by atoms with Crippen molar-refractivity contribution in [2.75, 3.05) is 5.75 Å². The van der Waals surface area contributed by atoms with E-state index in [1.165, 1.54) is 5.75 Å². The van der Waals surface area contributed by atoms with Crippen LogP contribution in [0.3, 0.4) is 0 Å². The van der Waals surface area contributed by atoms with Crippen LogP contribution in [0.1, 0.15) is 41.5 Å². The molecule has 0 bridgehead atoms. The maximum absolute atomic E-state index is 5.99. The largest absolute Gasteiger partial charge is 0.327 e. The van der Waals surface area contributed by atoms with Gasteiger partial charge in [0.25, 0.3) is 0 Å². The molecule has 0 aromatic heterocycles. The number of rotatable bonds is 4. The van der Waals surface area contributed by atoms with E-state index in [4.69, 9.17) is 5.73 Å². The highest BCUT2D eigenvalue weighted by atomic mass is 32.2. The van der Waals surface area contributed by atoms with Crippen LogP contribution in [0.2, 0.25) is 0 Å². The van der Waals surface area contributed by atoms with E-state index >= 15 is 0 Å². The smallest absolute Gasteiger partial charge is 0.0244 e. The SMILES string of the molecule is CC(C)CSC(C(C)N)C(C)(C)C. The molecule has 1 nitrogen and oxygen atoms in total. The van der Waals surface area contributed by atoms with Crippen molar-refractivity contribution in [2.45, 2.75) is 52.8 Å². The van der Waals surface area contributed by atoms with Gasteiger partial charge in [-0.1, -0.05) is 34.6 Å². The summed E-state index contributed by atoms with van der Waals surface area (Å²) < 4.78 is 0. The van der Waals surface area contributed by atoms with E-state index in [9.17, 15) is 0 Å². The van der Waals surface area contributed by atoms with Crippen molar-refractivity contribution < 1.29 is 0 Å². The number of nitrogens with two attached hydrogens (primary N) is 1. The Labute approximate surface area is 87.9 Å². The maximum atomic E-state index is 5.99. The number of hydrogen-bond acceptors (Lipinski definition) is 2. The van der Waals surface area contributed by atoms with Crippen LogP contribution in [0, 0.1) is 11.3 Å². The summed E-state index contributed by atoms with van der Waals surface area (Å²) in [7, 11) is 0. The second-order valence-electron chi connectivity index (χ2n) is 5.37. The van der Waals surface area contributed by atoms with Crippen LogP contribution in [0.15, 0.2) is 0 Å². The van der Waals surface area contributed by atoms with Crippen LogP contribution >= 0.6 is 11.8 Å². The van der Waals surface area contributed by atoms with E-state index in [1.54, 1.807) is 0 Å². The Bertz CT molecular complexity index is 136. The first-order chi connectivity index (χ1) is 5.75. The summed E-state index contributed by atoms with van der Waals surface area (Å²) in [6.45, 7) is 13.4. The second kappa shape index (κ2) is 5.26. The molecule has 0 amide bonds. The van der Waals surface area contributed by atoms with Gasteiger partial charge in [0.15, 0.2) is 0 Å². The maximum Gasteiger partial charge on any atom is 0.0244 e. The summed E-state index contributed by atoms with van der Waals surface area (Å²) in [4.78, 5) is 0. The monoisotopic (exact) mass is 203 g/mol. The molecule has 2 atom stereocenters. The van der Waals surface area contributed by atoms with E-state index in [0.717, 1.165) is 5.92 Å². The van der Waals surface area contributed by atoms with Crippen molar-refractivity contribution in [3.8, 4) is 0 Å². The minimum absolute atomic E-state index is 0.281. The Morgan fingerprint density at radius 1 is 1.15 bits per heavy atom. The molecule has 0 fully saturated rings. The van der Waals surface area contributed by atoms with E-state index in [1.807, 2.05) is 11.8 Å². The van der Waals surface area contributed by atoms with Crippen LogP contribution in [0.4, 0.5) is 0 Å². The van der Waals surface area contributed by atoms with Gasteiger partial charge in [0.05, 0.1) is 0 Å². The van der Waals surface area contributed by atoms with Gasteiger partial charge in [-0.3, -0.25) is 0 Å². The fraction of sp³-hybridized carbons (Fsp3) is 1.00. The van der Waals surface area contributed by atoms with Gasteiger partial charge < -0.3 is 5.73 Å². The number of thioether (sulfide) groups is 1. The van der Waals surface area contributed by atoms with Crippen molar-refractivity contribution in [2.24, 2.45) is 17.1 Å². The zero-order valence-electron chi connectivity index (χ0n) is 9.92. The van der Waals surface area contributed by atoms with Crippen molar-refractivity contribution >= 4 is 11.8 Å². The average molecular weight is 203 g/mol. The Balaban J connectivity index is 4.12. The fourth-order valence-corrected chi connectivity index (χ4v) is 2.88. The Morgan fingerprint density at radius 3 is 1.85 bits per heavy atom. The van der Waals surface area contributed by atoms with Gasteiger partial charge in [0.2, 0.25) is 0 Å². The third-order valence-corrected chi connectivity index (χ3v) is 4.29. The van der Waals surface area contributed by atoms with E-state index in [-0.39, 0.29) is 6.04 Å².